The van der Waals surface area contributed by atoms with Gasteiger partial charge in [0.15, 0.2) is 18.1 Å². The van der Waals surface area contributed by atoms with Gasteiger partial charge in [-0.1, -0.05) is 15.9 Å². The normalized spacial score (nSPS) is 9.92. The van der Waals surface area contributed by atoms with Gasteiger partial charge in [-0.25, -0.2) is 4.79 Å². The molecular formula is C5H4BrNO6. The third-order valence-electron chi connectivity index (χ3n) is 1.15. The highest BCUT2D eigenvalue weighted by molar-refractivity contribution is 9.08. The largest absolute Gasteiger partial charge is 0.519 e. The molecule has 8 heteroatoms. The van der Waals surface area contributed by atoms with Crippen LogP contribution in [0, 0.1) is 10.1 Å². The standard InChI is InChI=1S/C5H4BrNO6/c6-1-3-4(2-11-7(9)10)13-5(8)12-3/h1-2H2. The fraction of sp³-hybridized carbons (Fsp3) is 0.400. The number of hydrogen-bond donors (Lipinski definition) is 0. The first-order valence-corrected chi connectivity index (χ1v) is 4.20. The van der Waals surface area contributed by atoms with Gasteiger partial charge >= 0.3 is 5.82 Å². The molecule has 0 atom stereocenters. The van der Waals surface area contributed by atoms with Crippen molar-refractivity contribution in [1.82, 2.24) is 0 Å². The summed E-state index contributed by atoms with van der Waals surface area (Å²) < 4.78 is 9.00. The van der Waals surface area contributed by atoms with E-state index in [9.17, 15) is 14.9 Å². The molecule has 13 heavy (non-hydrogen) atoms. The van der Waals surface area contributed by atoms with Crippen molar-refractivity contribution in [2.75, 3.05) is 0 Å². The number of halogens is 1. The molecule has 1 heterocycles. The number of hydrogen-bond acceptors (Lipinski definition) is 6. The Morgan fingerprint density at radius 2 is 2.08 bits per heavy atom. The van der Waals surface area contributed by atoms with E-state index in [0.717, 1.165) is 0 Å². The molecular weight excluding hydrogens is 250 g/mol. The van der Waals surface area contributed by atoms with Crippen molar-refractivity contribution in [3.8, 4) is 0 Å². The lowest BCUT2D eigenvalue weighted by Gasteiger charge is -1.93. The lowest BCUT2D eigenvalue weighted by molar-refractivity contribution is -0.763. The molecule has 1 aromatic rings. The average Bonchev–Trinajstić information content (AvgIpc) is 2.42. The Hall–Kier alpha value is -1.31. The van der Waals surface area contributed by atoms with E-state index in [1.807, 2.05) is 0 Å². The van der Waals surface area contributed by atoms with Gasteiger partial charge in [0.1, 0.15) is 0 Å². The number of rotatable bonds is 4. The van der Waals surface area contributed by atoms with E-state index in [4.69, 9.17) is 0 Å². The molecule has 0 saturated carbocycles. The van der Waals surface area contributed by atoms with Gasteiger partial charge in [-0.05, 0) is 0 Å². The minimum atomic E-state index is -0.981. The topological polar surface area (TPSA) is 95.7 Å². The Bertz CT molecular complexity index is 354. The van der Waals surface area contributed by atoms with E-state index in [1.165, 1.54) is 0 Å². The molecule has 1 rings (SSSR count). The molecule has 0 spiro atoms. The summed E-state index contributed by atoms with van der Waals surface area (Å²) in [5.74, 6) is -0.707. The second kappa shape index (κ2) is 4.08. The molecule has 0 aliphatic heterocycles. The lowest BCUT2D eigenvalue weighted by Crippen LogP contribution is -2.01. The summed E-state index contributed by atoms with van der Waals surface area (Å²) >= 11 is 3.01. The van der Waals surface area contributed by atoms with Crippen LogP contribution >= 0.6 is 15.9 Å². The van der Waals surface area contributed by atoms with Crippen molar-refractivity contribution < 1.29 is 18.8 Å². The highest BCUT2D eigenvalue weighted by Gasteiger charge is 2.12. The Labute approximate surface area is 79.5 Å². The molecule has 0 N–H and O–H groups in total. The molecule has 0 aliphatic rings. The van der Waals surface area contributed by atoms with Crippen LogP contribution < -0.4 is 5.82 Å². The summed E-state index contributed by atoms with van der Waals surface area (Å²) in [6.45, 7) is -0.431. The molecule has 0 radical (unpaired) electrons. The van der Waals surface area contributed by atoms with Crippen LogP contribution in [0.1, 0.15) is 11.5 Å². The maximum atomic E-state index is 10.5. The number of alkyl halides is 1. The third-order valence-corrected chi connectivity index (χ3v) is 1.66. The van der Waals surface area contributed by atoms with E-state index in [-0.39, 0.29) is 16.9 Å². The predicted molar refractivity (Wildman–Crippen MR) is 41.7 cm³/mol. The predicted octanol–water partition coefficient (Wildman–Crippen LogP) is 0.836. The van der Waals surface area contributed by atoms with Crippen molar-refractivity contribution >= 4 is 15.9 Å². The lowest BCUT2D eigenvalue weighted by atomic mass is 10.4. The quantitative estimate of drug-likeness (QED) is 0.448. The summed E-state index contributed by atoms with van der Waals surface area (Å²) in [4.78, 5) is 24.3. The van der Waals surface area contributed by atoms with Crippen LogP contribution in [-0.2, 0) is 16.8 Å². The Balaban J connectivity index is 2.75. The van der Waals surface area contributed by atoms with E-state index in [2.05, 4.69) is 29.6 Å². The minimum absolute atomic E-state index is 0.0126. The monoisotopic (exact) mass is 253 g/mol. The van der Waals surface area contributed by atoms with Gasteiger partial charge in [-0.3, -0.25) is 0 Å². The van der Waals surface area contributed by atoms with Gasteiger partial charge < -0.3 is 13.7 Å². The van der Waals surface area contributed by atoms with Crippen molar-refractivity contribution in [2.45, 2.75) is 11.9 Å². The molecule has 0 bridgehead atoms. The van der Waals surface area contributed by atoms with Crippen LogP contribution in [-0.4, -0.2) is 5.09 Å². The van der Waals surface area contributed by atoms with E-state index in [0.29, 0.717) is 0 Å². The van der Waals surface area contributed by atoms with Crippen LogP contribution in [0.25, 0.3) is 0 Å². The summed E-state index contributed by atoms with van der Waals surface area (Å²) in [5, 5.41) is 9.05. The number of nitrogens with zero attached hydrogens (tertiary/aromatic N) is 1. The molecule has 72 valence electrons. The smallest absolute Gasteiger partial charge is 0.395 e. The van der Waals surface area contributed by atoms with Crippen LogP contribution in [0.5, 0.6) is 0 Å². The van der Waals surface area contributed by atoms with Gasteiger partial charge in [0, 0.05) is 0 Å². The summed E-state index contributed by atoms with van der Waals surface area (Å²) in [7, 11) is 0. The van der Waals surface area contributed by atoms with E-state index >= 15 is 0 Å². The van der Waals surface area contributed by atoms with Crippen LogP contribution in [0.4, 0.5) is 0 Å². The minimum Gasteiger partial charge on any atom is -0.395 e. The van der Waals surface area contributed by atoms with Crippen LogP contribution in [0.2, 0.25) is 0 Å². The van der Waals surface area contributed by atoms with Gasteiger partial charge in [0.05, 0.1) is 5.33 Å². The first kappa shape index (κ1) is 9.78. The molecule has 0 fully saturated rings. The second-order valence-corrected chi connectivity index (χ2v) is 2.49. The molecule has 0 aromatic carbocycles. The fourth-order valence-electron chi connectivity index (χ4n) is 0.659. The van der Waals surface area contributed by atoms with Crippen molar-refractivity contribution in [2.24, 2.45) is 0 Å². The molecule has 0 amide bonds. The Morgan fingerprint density at radius 3 is 2.62 bits per heavy atom. The average molecular weight is 254 g/mol. The summed E-state index contributed by atoms with van der Waals surface area (Å²) in [6.07, 6.45) is 0. The SMILES string of the molecule is O=c1oc(CBr)c(CO[N+](=O)[O-])o1. The fourth-order valence-corrected chi connectivity index (χ4v) is 1.09. The Kier molecular flexibility index (Phi) is 3.07. The van der Waals surface area contributed by atoms with E-state index < -0.39 is 17.5 Å². The van der Waals surface area contributed by atoms with Gasteiger partial charge in [-0.2, -0.15) is 0 Å². The Morgan fingerprint density at radius 1 is 1.46 bits per heavy atom. The molecule has 1 aromatic heterocycles. The zero-order valence-corrected chi connectivity index (χ0v) is 7.77. The third kappa shape index (κ3) is 2.58. The molecule has 7 nitrogen and oxygen atoms in total. The van der Waals surface area contributed by atoms with Crippen molar-refractivity contribution in [3.05, 3.63) is 32.3 Å². The van der Waals surface area contributed by atoms with Crippen LogP contribution in [0.15, 0.2) is 13.6 Å². The van der Waals surface area contributed by atoms with Gasteiger partial charge in [0.25, 0.3) is 5.09 Å². The summed E-state index contributed by atoms with van der Waals surface area (Å²) in [5.41, 5.74) is 0. The maximum absolute atomic E-state index is 10.5. The highest BCUT2D eigenvalue weighted by atomic mass is 79.9. The van der Waals surface area contributed by atoms with Crippen molar-refractivity contribution in [3.63, 3.8) is 0 Å². The summed E-state index contributed by atoms with van der Waals surface area (Å²) in [6, 6.07) is 0. The second-order valence-electron chi connectivity index (χ2n) is 1.93. The van der Waals surface area contributed by atoms with Gasteiger partial charge in [0.2, 0.25) is 0 Å². The highest BCUT2D eigenvalue weighted by Crippen LogP contribution is 2.11. The van der Waals surface area contributed by atoms with Crippen molar-refractivity contribution in [1.29, 1.82) is 0 Å². The first-order valence-electron chi connectivity index (χ1n) is 3.08. The zero-order chi connectivity index (χ0) is 9.84. The van der Waals surface area contributed by atoms with Crippen LogP contribution in [0.3, 0.4) is 0 Å². The zero-order valence-electron chi connectivity index (χ0n) is 6.19. The first-order chi connectivity index (χ1) is 6.13. The molecule has 0 saturated heterocycles. The van der Waals surface area contributed by atoms with Gasteiger partial charge in [-0.15, -0.1) is 10.1 Å². The molecule has 0 aliphatic carbocycles. The maximum Gasteiger partial charge on any atom is 0.519 e. The molecule has 0 unspecified atom stereocenters. The van der Waals surface area contributed by atoms with E-state index in [1.54, 1.807) is 0 Å².